The number of methoxy groups -OCH3 is 1. The monoisotopic (exact) mass is 667 g/mol. The summed E-state index contributed by atoms with van der Waals surface area (Å²) in [5, 5.41) is 15.6. The summed E-state index contributed by atoms with van der Waals surface area (Å²) in [7, 11) is 1.45. The van der Waals surface area contributed by atoms with Crippen LogP contribution in [0, 0.1) is 29.4 Å². The second-order valence-electron chi connectivity index (χ2n) is 14.6. The highest BCUT2D eigenvalue weighted by atomic mass is 19.1. The Kier molecular flexibility index (Phi) is 7.34. The van der Waals surface area contributed by atoms with Crippen LogP contribution in [-0.2, 0) is 4.74 Å². The van der Waals surface area contributed by atoms with Gasteiger partial charge in [0.05, 0.1) is 38.1 Å². The van der Waals surface area contributed by atoms with Crippen molar-refractivity contribution in [2.75, 3.05) is 51.5 Å². The summed E-state index contributed by atoms with van der Waals surface area (Å²) in [5.74, 6) is 1.78. The van der Waals surface area contributed by atoms with Gasteiger partial charge in [0.15, 0.2) is 5.82 Å². The van der Waals surface area contributed by atoms with Crippen molar-refractivity contribution in [3.8, 4) is 41.0 Å². The predicted octanol–water partition coefficient (Wildman–Crippen LogP) is 5.39. The number of ether oxygens (including phenoxy) is 3. The number of aromatic hydroxyl groups is 1. The van der Waals surface area contributed by atoms with E-state index < -0.39 is 11.6 Å². The average Bonchev–Trinajstić information content (AvgIpc) is 3.75. The molecule has 49 heavy (non-hydrogen) atoms. The Hall–Kier alpha value is -4.24. The first-order chi connectivity index (χ1) is 23.8. The first kappa shape index (κ1) is 30.8. The molecule has 5 aliphatic rings. The summed E-state index contributed by atoms with van der Waals surface area (Å²) in [6.45, 7) is 4.40. The van der Waals surface area contributed by atoms with E-state index in [1.807, 2.05) is 0 Å². The minimum absolute atomic E-state index is 0.00457. The van der Waals surface area contributed by atoms with Crippen LogP contribution in [-0.4, -0.2) is 90.7 Å². The van der Waals surface area contributed by atoms with Crippen LogP contribution in [0.5, 0.6) is 17.5 Å². The maximum absolute atomic E-state index is 17.3. The predicted molar refractivity (Wildman–Crippen MR) is 182 cm³/mol. The van der Waals surface area contributed by atoms with Crippen LogP contribution in [0.4, 0.5) is 14.6 Å². The molecule has 5 heterocycles. The number of benzene rings is 3. The normalized spacial score (nSPS) is 25.6. The van der Waals surface area contributed by atoms with Gasteiger partial charge in [0.25, 0.3) is 0 Å². The maximum Gasteiger partial charge on any atom is 0.319 e. The molecule has 5 fully saturated rings. The van der Waals surface area contributed by atoms with Crippen molar-refractivity contribution in [1.29, 1.82) is 0 Å². The molecule has 9 nitrogen and oxygen atoms in total. The molecule has 1 saturated carbocycles. The van der Waals surface area contributed by atoms with Crippen LogP contribution in [0.25, 0.3) is 32.8 Å². The second kappa shape index (κ2) is 11.7. The highest BCUT2D eigenvalue weighted by Crippen LogP contribution is 2.49. The van der Waals surface area contributed by atoms with Crippen molar-refractivity contribution >= 4 is 27.5 Å². The largest absolute Gasteiger partial charge is 0.508 e. The van der Waals surface area contributed by atoms with E-state index in [2.05, 4.69) is 21.0 Å². The molecule has 4 saturated heterocycles. The van der Waals surface area contributed by atoms with Crippen LogP contribution in [0.2, 0.25) is 0 Å². The van der Waals surface area contributed by atoms with Gasteiger partial charge >= 0.3 is 6.01 Å². The van der Waals surface area contributed by atoms with Crippen molar-refractivity contribution in [1.82, 2.24) is 20.2 Å². The number of nitrogens with one attached hydrogen (secondary N) is 1. The number of phenols is 1. The number of nitrogens with zero attached hydrogens (tertiary/aromatic N) is 4. The Bertz CT molecular complexity index is 2000. The first-order valence-electron chi connectivity index (χ1n) is 17.3. The maximum atomic E-state index is 17.3. The number of aromatic nitrogens is 2. The standard InChI is InChI=1S/C38H39F2N5O4/c1-3-27-30(39)9-4-21-12-26(46)13-28(32(21)27)33-31(47-2)14-29-35(34(33)40)42-37(43-36(29)44-15-22-5-6-23(16-44)41-22)49-20-38(10-11-38)19-45-24-7-8-25(45)18-48-17-24/h1,4,9,12-14,22-25,41,46H,5-8,10-11,15-20H2,2H3. The number of morpholine rings is 1. The number of phenolic OH excluding ortho intramolecular Hbond substituents is 1. The quantitative estimate of drug-likeness (QED) is 0.240. The molecule has 4 aliphatic heterocycles. The molecule has 1 aromatic heterocycles. The average molecular weight is 668 g/mol. The van der Waals surface area contributed by atoms with E-state index in [-0.39, 0.29) is 45.1 Å². The summed E-state index contributed by atoms with van der Waals surface area (Å²) < 4.78 is 50.4. The Labute approximate surface area is 283 Å². The molecule has 4 atom stereocenters. The number of hydrogen-bond acceptors (Lipinski definition) is 9. The fourth-order valence-electron chi connectivity index (χ4n) is 8.72. The highest BCUT2D eigenvalue weighted by molar-refractivity contribution is 6.05. The third-order valence-corrected chi connectivity index (χ3v) is 11.4. The lowest BCUT2D eigenvalue weighted by atomic mass is 9.92. The van der Waals surface area contributed by atoms with Gasteiger partial charge in [-0.25, -0.2) is 8.78 Å². The highest BCUT2D eigenvalue weighted by Gasteiger charge is 2.49. The molecule has 11 heteroatoms. The van der Waals surface area contributed by atoms with Crippen molar-refractivity contribution < 1.29 is 28.1 Å². The number of terminal acetylenes is 1. The van der Waals surface area contributed by atoms with Crippen molar-refractivity contribution in [3.63, 3.8) is 0 Å². The Morgan fingerprint density at radius 3 is 2.51 bits per heavy atom. The van der Waals surface area contributed by atoms with E-state index in [4.69, 9.17) is 30.6 Å². The molecule has 4 aromatic rings. The van der Waals surface area contributed by atoms with Gasteiger partial charge in [-0.1, -0.05) is 12.0 Å². The van der Waals surface area contributed by atoms with E-state index >= 15 is 8.78 Å². The van der Waals surface area contributed by atoms with E-state index in [0.717, 1.165) is 58.5 Å². The number of halogens is 2. The topological polar surface area (TPSA) is 92.2 Å². The first-order valence-corrected chi connectivity index (χ1v) is 17.3. The third-order valence-electron chi connectivity index (χ3n) is 11.4. The number of piperazine rings is 1. The molecule has 4 bridgehead atoms. The van der Waals surface area contributed by atoms with Gasteiger partial charge in [-0.2, -0.15) is 9.97 Å². The van der Waals surface area contributed by atoms with Gasteiger partial charge in [0, 0.05) is 65.6 Å². The zero-order valence-corrected chi connectivity index (χ0v) is 27.5. The molecule has 2 N–H and O–H groups in total. The Balaban J connectivity index is 1.16. The number of fused-ring (bicyclic) bond motifs is 6. The summed E-state index contributed by atoms with van der Waals surface area (Å²) >= 11 is 0. The van der Waals surface area contributed by atoms with Crippen molar-refractivity contribution in [2.45, 2.75) is 62.7 Å². The molecule has 0 amide bonds. The van der Waals surface area contributed by atoms with Gasteiger partial charge < -0.3 is 29.5 Å². The lowest BCUT2D eigenvalue weighted by Gasteiger charge is -2.37. The van der Waals surface area contributed by atoms with Crippen LogP contribution in [0.15, 0.2) is 30.3 Å². The van der Waals surface area contributed by atoms with Crippen molar-refractivity contribution in [2.24, 2.45) is 5.41 Å². The lowest BCUT2D eigenvalue weighted by Crippen LogP contribution is -2.51. The van der Waals surface area contributed by atoms with E-state index in [1.54, 1.807) is 6.07 Å². The SMILES string of the molecule is C#Cc1c(F)ccc2cc(O)cc(-c3c(OC)cc4c(N5CC6CCC(C5)N6)nc(OCC5(CN6C7CCC6COC7)CC5)nc4c3F)c12. The molecule has 3 aromatic carbocycles. The van der Waals surface area contributed by atoms with Gasteiger partial charge in [-0.15, -0.1) is 6.42 Å². The second-order valence-corrected chi connectivity index (χ2v) is 14.6. The minimum atomic E-state index is -0.689. The summed E-state index contributed by atoms with van der Waals surface area (Å²) in [6.07, 6.45) is 12.4. The minimum Gasteiger partial charge on any atom is -0.508 e. The zero-order chi connectivity index (χ0) is 33.4. The number of anilines is 1. The van der Waals surface area contributed by atoms with Gasteiger partial charge in [0.1, 0.15) is 28.7 Å². The number of rotatable bonds is 8. The fraction of sp³-hybridized carbons (Fsp3) is 0.474. The fourth-order valence-corrected chi connectivity index (χ4v) is 8.72. The summed E-state index contributed by atoms with van der Waals surface area (Å²) in [4.78, 5) is 14.5. The Morgan fingerprint density at radius 1 is 1.06 bits per heavy atom. The van der Waals surface area contributed by atoms with Crippen molar-refractivity contribution in [3.05, 3.63) is 47.5 Å². The molecule has 9 rings (SSSR count). The molecule has 254 valence electrons. The van der Waals surface area contributed by atoms with E-state index in [9.17, 15) is 5.11 Å². The lowest BCUT2D eigenvalue weighted by molar-refractivity contribution is -0.0271. The third kappa shape index (κ3) is 5.23. The molecule has 1 aliphatic carbocycles. The van der Waals surface area contributed by atoms with Gasteiger partial charge in [-0.05, 0) is 68.2 Å². The zero-order valence-electron chi connectivity index (χ0n) is 27.5. The van der Waals surface area contributed by atoms with Gasteiger partial charge in [0.2, 0.25) is 0 Å². The van der Waals surface area contributed by atoms with Gasteiger partial charge in [-0.3, -0.25) is 4.90 Å². The van der Waals surface area contributed by atoms with E-state index in [0.29, 0.717) is 52.8 Å². The Morgan fingerprint density at radius 2 is 1.82 bits per heavy atom. The summed E-state index contributed by atoms with van der Waals surface area (Å²) in [5.41, 5.74) is 0.271. The van der Waals surface area contributed by atoms with Crippen LogP contribution >= 0.6 is 0 Å². The van der Waals surface area contributed by atoms with Crippen LogP contribution in [0.1, 0.15) is 44.1 Å². The molecular formula is C38H39F2N5O4. The summed E-state index contributed by atoms with van der Waals surface area (Å²) in [6, 6.07) is 9.03. The molecule has 4 unspecified atom stereocenters. The smallest absolute Gasteiger partial charge is 0.319 e. The van der Waals surface area contributed by atoms with E-state index in [1.165, 1.54) is 44.2 Å². The van der Waals surface area contributed by atoms with Crippen LogP contribution in [0.3, 0.4) is 0 Å². The molecular weight excluding hydrogens is 628 g/mol. The number of hydrogen-bond donors (Lipinski definition) is 2. The molecule has 0 radical (unpaired) electrons. The van der Waals surface area contributed by atoms with Crippen LogP contribution < -0.4 is 19.7 Å². The molecule has 0 spiro atoms.